The van der Waals surface area contributed by atoms with Crippen molar-refractivity contribution >= 4 is 28.4 Å². The number of nitrogens with zero attached hydrogens (tertiary/aromatic N) is 4. The maximum atomic E-state index is 12.1. The predicted molar refractivity (Wildman–Crippen MR) is 103 cm³/mol. The second-order valence-electron chi connectivity index (χ2n) is 6.88. The predicted octanol–water partition coefficient (Wildman–Crippen LogP) is 2.45. The molecule has 27 heavy (non-hydrogen) atoms. The average molecular weight is 368 g/mol. The minimum absolute atomic E-state index is 0.181. The summed E-state index contributed by atoms with van der Waals surface area (Å²) in [6, 6.07) is 7.88. The van der Waals surface area contributed by atoms with Crippen LogP contribution in [0.4, 0.5) is 0 Å². The van der Waals surface area contributed by atoms with Gasteiger partial charge in [-0.05, 0) is 44.9 Å². The number of amides is 1. The van der Waals surface area contributed by atoms with Crippen LogP contribution < -0.4 is 0 Å². The first kappa shape index (κ1) is 18.8. The molecule has 142 valence electrons. The Morgan fingerprint density at radius 2 is 1.93 bits per heavy atom. The summed E-state index contributed by atoms with van der Waals surface area (Å²) in [5.74, 6) is -0.635. The van der Waals surface area contributed by atoms with E-state index in [-0.39, 0.29) is 12.3 Å². The van der Waals surface area contributed by atoms with Gasteiger partial charge in [0.1, 0.15) is 0 Å². The molecule has 2 aromatic heterocycles. The van der Waals surface area contributed by atoms with Gasteiger partial charge in [-0.3, -0.25) is 9.59 Å². The topological polar surface area (TPSA) is 76.8 Å². The fourth-order valence-electron chi connectivity index (χ4n) is 3.24. The van der Waals surface area contributed by atoms with E-state index >= 15 is 0 Å². The summed E-state index contributed by atoms with van der Waals surface area (Å²) in [6.45, 7) is 5.50. The molecule has 0 N–H and O–H groups in total. The van der Waals surface area contributed by atoms with Crippen LogP contribution in [0, 0.1) is 13.8 Å². The van der Waals surface area contributed by atoms with Crippen molar-refractivity contribution in [3.63, 3.8) is 0 Å². The molecule has 0 aliphatic heterocycles. The van der Waals surface area contributed by atoms with E-state index in [2.05, 4.69) is 5.10 Å². The molecule has 7 heteroatoms. The quantitative estimate of drug-likeness (QED) is 0.647. The van der Waals surface area contributed by atoms with Crippen LogP contribution in [0.15, 0.2) is 24.3 Å². The maximum absolute atomic E-state index is 12.1. The van der Waals surface area contributed by atoms with Crippen LogP contribution in [-0.4, -0.2) is 51.6 Å². The molecule has 7 nitrogen and oxygen atoms in total. The van der Waals surface area contributed by atoms with Gasteiger partial charge in [0.25, 0.3) is 5.91 Å². The Labute approximate surface area is 157 Å². The third-order valence-corrected chi connectivity index (χ3v) is 4.69. The monoisotopic (exact) mass is 368 g/mol. The third-order valence-electron chi connectivity index (χ3n) is 4.69. The van der Waals surface area contributed by atoms with Gasteiger partial charge in [0.05, 0.1) is 5.52 Å². The largest absolute Gasteiger partial charge is 0.453 e. The van der Waals surface area contributed by atoms with Crippen LogP contribution in [0.5, 0.6) is 0 Å². The Hall–Kier alpha value is -2.96. The van der Waals surface area contributed by atoms with Crippen LogP contribution in [0.25, 0.3) is 16.6 Å². The number of hydrogen-bond donors (Lipinski definition) is 0. The molecule has 1 unspecified atom stereocenters. The molecular formula is C20H24N4O3. The molecule has 0 saturated heterocycles. The van der Waals surface area contributed by atoms with Crippen LogP contribution in [-0.2, 0) is 20.7 Å². The van der Waals surface area contributed by atoms with Crippen LogP contribution in [0.1, 0.15) is 30.3 Å². The minimum atomic E-state index is -0.785. The van der Waals surface area contributed by atoms with Crippen molar-refractivity contribution in [2.24, 2.45) is 0 Å². The lowest BCUT2D eigenvalue weighted by molar-refractivity contribution is -0.157. The first-order chi connectivity index (χ1) is 12.8. The Morgan fingerprint density at radius 3 is 2.63 bits per heavy atom. The molecule has 0 radical (unpaired) electrons. The van der Waals surface area contributed by atoms with Crippen molar-refractivity contribution in [1.82, 2.24) is 19.5 Å². The van der Waals surface area contributed by atoms with Gasteiger partial charge in [0.2, 0.25) is 0 Å². The fourth-order valence-corrected chi connectivity index (χ4v) is 3.24. The fraction of sp³-hybridized carbons (Fsp3) is 0.400. The zero-order valence-corrected chi connectivity index (χ0v) is 16.3. The normalized spacial score (nSPS) is 12.3. The Bertz CT molecular complexity index is 1020. The second-order valence-corrected chi connectivity index (χ2v) is 6.88. The van der Waals surface area contributed by atoms with Crippen molar-refractivity contribution < 1.29 is 14.3 Å². The van der Waals surface area contributed by atoms with Crippen molar-refractivity contribution in [2.45, 2.75) is 39.7 Å². The van der Waals surface area contributed by atoms with Crippen LogP contribution in [0.3, 0.4) is 0 Å². The van der Waals surface area contributed by atoms with Gasteiger partial charge >= 0.3 is 5.97 Å². The van der Waals surface area contributed by atoms with E-state index in [9.17, 15) is 9.59 Å². The SMILES string of the molecule is Cc1nc2c3ccccc3nn2c(C)c1CCC(=O)OC(C)C(=O)N(C)C. The highest BCUT2D eigenvalue weighted by Crippen LogP contribution is 2.23. The van der Waals surface area contributed by atoms with Gasteiger partial charge in [-0.25, -0.2) is 9.50 Å². The molecule has 2 heterocycles. The third kappa shape index (κ3) is 3.63. The summed E-state index contributed by atoms with van der Waals surface area (Å²) in [5.41, 5.74) is 4.51. The molecule has 3 rings (SSSR count). The Morgan fingerprint density at radius 1 is 1.22 bits per heavy atom. The number of aryl methyl sites for hydroxylation is 2. The van der Waals surface area contributed by atoms with E-state index < -0.39 is 12.1 Å². The van der Waals surface area contributed by atoms with Crippen molar-refractivity contribution in [1.29, 1.82) is 0 Å². The van der Waals surface area contributed by atoms with Gasteiger partial charge < -0.3 is 9.64 Å². The van der Waals surface area contributed by atoms with Gasteiger partial charge in [-0.2, -0.15) is 5.10 Å². The second kappa shape index (κ2) is 7.34. The van der Waals surface area contributed by atoms with Gasteiger partial charge in [0.15, 0.2) is 11.8 Å². The molecular weight excluding hydrogens is 344 g/mol. The molecule has 1 atom stereocenters. The molecule has 0 aliphatic carbocycles. The summed E-state index contributed by atoms with van der Waals surface area (Å²) >= 11 is 0. The summed E-state index contributed by atoms with van der Waals surface area (Å²) in [6.07, 6.45) is -0.120. The van der Waals surface area contributed by atoms with E-state index in [1.54, 1.807) is 21.0 Å². The van der Waals surface area contributed by atoms with Crippen molar-refractivity contribution in [3.8, 4) is 0 Å². The minimum Gasteiger partial charge on any atom is -0.453 e. The molecule has 3 aromatic rings. The van der Waals surface area contributed by atoms with Crippen molar-refractivity contribution in [2.75, 3.05) is 14.1 Å². The lowest BCUT2D eigenvalue weighted by Gasteiger charge is -2.17. The number of esters is 1. The van der Waals surface area contributed by atoms with Gasteiger partial charge in [-0.1, -0.05) is 12.1 Å². The average Bonchev–Trinajstić information content (AvgIpc) is 2.99. The van der Waals surface area contributed by atoms with Crippen molar-refractivity contribution in [3.05, 3.63) is 41.2 Å². The summed E-state index contributed by atoms with van der Waals surface area (Å²) in [7, 11) is 3.27. The maximum Gasteiger partial charge on any atom is 0.306 e. The molecule has 1 amide bonds. The first-order valence-electron chi connectivity index (χ1n) is 8.93. The van der Waals surface area contributed by atoms with Gasteiger partial charge in [0, 0.05) is 37.3 Å². The van der Waals surface area contributed by atoms with E-state index in [0.717, 1.165) is 33.5 Å². The van der Waals surface area contributed by atoms with Crippen LogP contribution in [0.2, 0.25) is 0 Å². The zero-order valence-electron chi connectivity index (χ0n) is 16.3. The molecule has 0 bridgehead atoms. The van der Waals surface area contributed by atoms with Crippen LogP contribution >= 0.6 is 0 Å². The van der Waals surface area contributed by atoms with E-state index in [0.29, 0.717) is 6.42 Å². The van der Waals surface area contributed by atoms with E-state index in [4.69, 9.17) is 9.72 Å². The number of carbonyl (C=O) groups is 2. The highest BCUT2D eigenvalue weighted by Gasteiger charge is 2.20. The Balaban J connectivity index is 1.80. The highest BCUT2D eigenvalue weighted by atomic mass is 16.5. The first-order valence-corrected chi connectivity index (χ1v) is 8.93. The Kier molecular flexibility index (Phi) is 5.12. The standard InChI is InChI=1S/C20H24N4O3/c1-12-15(10-11-18(25)27-14(3)20(26)23(4)5)13(2)24-19(21-12)16-8-6-7-9-17(16)22-24/h6-9,14H,10-11H2,1-5H3. The molecule has 0 aliphatic rings. The molecule has 1 aromatic carbocycles. The number of aromatic nitrogens is 3. The molecule has 0 saturated carbocycles. The lowest BCUT2D eigenvalue weighted by atomic mass is 10.1. The summed E-state index contributed by atoms with van der Waals surface area (Å²) in [5, 5.41) is 5.63. The summed E-state index contributed by atoms with van der Waals surface area (Å²) in [4.78, 5) is 30.1. The van der Waals surface area contributed by atoms with E-state index in [1.807, 2.05) is 42.6 Å². The number of rotatable bonds is 5. The number of carbonyl (C=O) groups excluding carboxylic acids is 2. The molecule has 0 fully saturated rings. The van der Waals surface area contributed by atoms with Gasteiger partial charge in [-0.15, -0.1) is 0 Å². The lowest BCUT2D eigenvalue weighted by Crippen LogP contribution is -2.34. The number of ether oxygens (including phenoxy) is 1. The van der Waals surface area contributed by atoms with E-state index in [1.165, 1.54) is 4.90 Å². The number of benzene rings is 1. The number of likely N-dealkylation sites (N-methyl/N-ethyl adjacent to an activating group) is 1. The smallest absolute Gasteiger partial charge is 0.306 e. The zero-order chi connectivity index (χ0) is 19.7. The highest BCUT2D eigenvalue weighted by molar-refractivity contribution is 5.92. The molecule has 0 spiro atoms. The summed E-state index contributed by atoms with van der Waals surface area (Å²) < 4.78 is 7.07. The number of fused-ring (bicyclic) bond motifs is 3. The number of hydrogen-bond acceptors (Lipinski definition) is 5.